The minimum atomic E-state index is -4.37. The van der Waals surface area contributed by atoms with Crippen LogP contribution in [0.15, 0.2) is 35.4 Å². The number of nitrogens with one attached hydrogen (secondary N) is 1. The van der Waals surface area contributed by atoms with Crippen molar-refractivity contribution < 1.29 is 13.2 Å². The normalized spacial score (nSPS) is 18.0. The summed E-state index contributed by atoms with van der Waals surface area (Å²) in [5, 5.41) is 2.30. The molecule has 3 rings (SSSR count). The highest BCUT2D eigenvalue weighted by atomic mass is 19.4. The second-order valence-electron chi connectivity index (χ2n) is 4.72. The van der Waals surface area contributed by atoms with Gasteiger partial charge in [0.05, 0.1) is 5.69 Å². The molecule has 1 unspecified atom stereocenters. The Balaban J connectivity index is 2.03. The molecule has 2 aromatic heterocycles. The average molecular weight is 296 g/mol. The van der Waals surface area contributed by atoms with Crippen LogP contribution in [-0.4, -0.2) is 26.8 Å². The maximum Gasteiger partial charge on any atom is 0.408 e. The first-order chi connectivity index (χ1) is 9.95. The smallest absolute Gasteiger partial charge is 0.344 e. The molecule has 1 aliphatic heterocycles. The Bertz CT molecular complexity index is 712. The molecule has 1 atom stereocenters. The summed E-state index contributed by atoms with van der Waals surface area (Å²) in [6, 6.07) is 2.91. The first-order valence-corrected chi connectivity index (χ1v) is 6.31. The predicted molar refractivity (Wildman–Crippen MR) is 69.8 cm³/mol. The summed E-state index contributed by atoms with van der Waals surface area (Å²) in [6.07, 6.45) is -1.50. The number of hydrogen-bond acceptors (Lipinski definition) is 4. The highest BCUT2D eigenvalue weighted by Crippen LogP contribution is 2.29. The maximum absolute atomic E-state index is 12.8. The van der Waals surface area contributed by atoms with E-state index in [1.807, 2.05) is 0 Å². The molecule has 0 saturated carbocycles. The van der Waals surface area contributed by atoms with E-state index in [0.717, 1.165) is 0 Å². The fraction of sp³-hybridized carbons (Fsp3) is 0.308. The van der Waals surface area contributed by atoms with Crippen LogP contribution >= 0.6 is 0 Å². The summed E-state index contributed by atoms with van der Waals surface area (Å²) in [5.74, 6) is -0.0529. The topological polar surface area (TPSA) is 59.8 Å². The number of nitrogens with zero attached hydrogens (tertiary/aromatic N) is 3. The monoisotopic (exact) mass is 296 g/mol. The van der Waals surface area contributed by atoms with Crippen molar-refractivity contribution in [2.75, 3.05) is 5.32 Å². The lowest BCUT2D eigenvalue weighted by Crippen LogP contribution is -2.43. The standard InChI is InChI=1S/C13H11F3N4O/c14-13(15,16)10-3-6-20-11(21)7-9(18-12(20)19-10)8-1-4-17-5-2-8/h1-2,4-5,7,10H,3,6H2,(H,18,19). The molecule has 5 nitrogen and oxygen atoms in total. The van der Waals surface area contributed by atoms with E-state index in [2.05, 4.69) is 15.3 Å². The summed E-state index contributed by atoms with van der Waals surface area (Å²) in [7, 11) is 0. The third-order valence-electron chi connectivity index (χ3n) is 3.32. The number of hydrogen-bond donors (Lipinski definition) is 1. The van der Waals surface area contributed by atoms with Gasteiger partial charge in [-0.15, -0.1) is 0 Å². The van der Waals surface area contributed by atoms with Gasteiger partial charge < -0.3 is 5.32 Å². The zero-order chi connectivity index (χ0) is 15.0. The Morgan fingerprint density at radius 1 is 1.29 bits per heavy atom. The number of anilines is 1. The van der Waals surface area contributed by atoms with E-state index < -0.39 is 12.2 Å². The van der Waals surface area contributed by atoms with E-state index in [-0.39, 0.29) is 24.5 Å². The van der Waals surface area contributed by atoms with Crippen LogP contribution in [0.3, 0.4) is 0 Å². The summed E-state index contributed by atoms with van der Waals surface area (Å²) < 4.78 is 39.5. The van der Waals surface area contributed by atoms with Gasteiger partial charge in [-0.05, 0) is 18.6 Å². The second kappa shape index (κ2) is 4.87. The fourth-order valence-electron chi connectivity index (χ4n) is 2.23. The first-order valence-electron chi connectivity index (χ1n) is 6.31. The van der Waals surface area contributed by atoms with E-state index in [1.54, 1.807) is 12.1 Å². The zero-order valence-corrected chi connectivity index (χ0v) is 10.8. The van der Waals surface area contributed by atoms with Gasteiger partial charge in [-0.1, -0.05) is 0 Å². The SMILES string of the molecule is O=c1cc(-c2ccncc2)nc2n1CCC(C(F)(F)F)N2. The lowest BCUT2D eigenvalue weighted by molar-refractivity contribution is -0.145. The van der Waals surface area contributed by atoms with Crippen molar-refractivity contribution >= 4 is 5.95 Å². The molecule has 3 heterocycles. The second-order valence-corrected chi connectivity index (χ2v) is 4.72. The minimum absolute atomic E-state index is 0.00499. The van der Waals surface area contributed by atoms with Crippen molar-refractivity contribution in [2.24, 2.45) is 0 Å². The molecule has 8 heteroatoms. The number of rotatable bonds is 1. The fourth-order valence-corrected chi connectivity index (χ4v) is 2.23. The molecule has 0 radical (unpaired) electrons. The van der Waals surface area contributed by atoms with Gasteiger partial charge in [-0.25, -0.2) is 4.98 Å². The van der Waals surface area contributed by atoms with Crippen LogP contribution in [-0.2, 0) is 6.54 Å². The summed E-state index contributed by atoms with van der Waals surface area (Å²) in [5.41, 5.74) is 0.574. The first kappa shape index (κ1) is 13.6. The van der Waals surface area contributed by atoms with Gasteiger partial charge in [0.15, 0.2) is 0 Å². The van der Waals surface area contributed by atoms with E-state index in [9.17, 15) is 18.0 Å². The van der Waals surface area contributed by atoms with Crippen LogP contribution in [0.5, 0.6) is 0 Å². The van der Waals surface area contributed by atoms with Crippen molar-refractivity contribution in [3.05, 3.63) is 40.9 Å². The number of pyridine rings is 1. The minimum Gasteiger partial charge on any atom is -0.344 e. The Hall–Kier alpha value is -2.38. The molecule has 2 aromatic rings. The number of halogens is 3. The molecular weight excluding hydrogens is 285 g/mol. The van der Waals surface area contributed by atoms with Crippen LogP contribution in [0.4, 0.5) is 19.1 Å². The maximum atomic E-state index is 12.8. The number of fused-ring (bicyclic) bond motifs is 1. The number of alkyl halides is 3. The van der Waals surface area contributed by atoms with Gasteiger partial charge in [0.2, 0.25) is 5.95 Å². The summed E-state index contributed by atoms with van der Waals surface area (Å²) in [4.78, 5) is 20.0. The van der Waals surface area contributed by atoms with Crippen molar-refractivity contribution in [3.63, 3.8) is 0 Å². The third-order valence-corrected chi connectivity index (χ3v) is 3.32. The largest absolute Gasteiger partial charge is 0.408 e. The zero-order valence-electron chi connectivity index (χ0n) is 10.8. The van der Waals surface area contributed by atoms with E-state index in [1.165, 1.54) is 23.0 Å². The Labute approximate surface area is 117 Å². The highest BCUT2D eigenvalue weighted by Gasteiger charge is 2.41. The van der Waals surface area contributed by atoms with Crippen molar-refractivity contribution in [2.45, 2.75) is 25.2 Å². The van der Waals surface area contributed by atoms with Crippen molar-refractivity contribution in [1.29, 1.82) is 0 Å². The molecule has 0 amide bonds. The van der Waals surface area contributed by atoms with Crippen LogP contribution in [0, 0.1) is 0 Å². The molecular formula is C13H11F3N4O. The quantitative estimate of drug-likeness (QED) is 0.875. The summed E-state index contributed by atoms with van der Waals surface area (Å²) >= 11 is 0. The average Bonchev–Trinajstić information content (AvgIpc) is 2.46. The molecule has 0 spiro atoms. The Kier molecular flexibility index (Phi) is 3.15. The Morgan fingerprint density at radius 2 is 2.00 bits per heavy atom. The number of aromatic nitrogens is 3. The highest BCUT2D eigenvalue weighted by molar-refractivity contribution is 5.59. The van der Waals surface area contributed by atoms with Gasteiger partial charge in [0.1, 0.15) is 6.04 Å². The van der Waals surface area contributed by atoms with Crippen LogP contribution in [0.2, 0.25) is 0 Å². The molecule has 110 valence electrons. The summed E-state index contributed by atoms with van der Waals surface area (Å²) in [6.45, 7) is -0.00499. The van der Waals surface area contributed by atoms with Crippen molar-refractivity contribution in [3.8, 4) is 11.3 Å². The van der Waals surface area contributed by atoms with Gasteiger partial charge in [0, 0.05) is 30.6 Å². The Morgan fingerprint density at radius 3 is 2.67 bits per heavy atom. The molecule has 0 aliphatic carbocycles. The lowest BCUT2D eigenvalue weighted by atomic mass is 10.1. The van der Waals surface area contributed by atoms with Gasteiger partial charge in [-0.3, -0.25) is 14.3 Å². The van der Waals surface area contributed by atoms with Crippen LogP contribution < -0.4 is 10.9 Å². The molecule has 1 N–H and O–H groups in total. The van der Waals surface area contributed by atoms with Gasteiger partial charge in [0.25, 0.3) is 5.56 Å². The van der Waals surface area contributed by atoms with Gasteiger partial charge >= 0.3 is 6.18 Å². The third kappa shape index (κ3) is 2.61. The van der Waals surface area contributed by atoms with Crippen LogP contribution in [0.1, 0.15) is 6.42 Å². The molecule has 1 aliphatic rings. The van der Waals surface area contributed by atoms with E-state index >= 15 is 0 Å². The van der Waals surface area contributed by atoms with Crippen molar-refractivity contribution in [1.82, 2.24) is 14.5 Å². The molecule has 0 fully saturated rings. The van der Waals surface area contributed by atoms with Gasteiger partial charge in [-0.2, -0.15) is 13.2 Å². The van der Waals surface area contributed by atoms with Crippen LogP contribution in [0.25, 0.3) is 11.3 Å². The molecule has 0 saturated heterocycles. The molecule has 21 heavy (non-hydrogen) atoms. The lowest BCUT2D eigenvalue weighted by Gasteiger charge is -2.28. The van der Waals surface area contributed by atoms with E-state index in [0.29, 0.717) is 11.3 Å². The molecule has 0 bridgehead atoms. The predicted octanol–water partition coefficient (Wildman–Crippen LogP) is 2.05. The van der Waals surface area contributed by atoms with E-state index in [4.69, 9.17) is 0 Å². The molecule has 0 aromatic carbocycles.